The second-order valence-corrected chi connectivity index (χ2v) is 10.1. The molecule has 0 radical (unpaired) electrons. The van der Waals surface area contributed by atoms with Crippen molar-refractivity contribution in [3.63, 3.8) is 0 Å². The van der Waals surface area contributed by atoms with Crippen molar-refractivity contribution in [3.05, 3.63) is 34.2 Å². The molecule has 2 aromatic rings. The van der Waals surface area contributed by atoms with Crippen molar-refractivity contribution in [1.82, 2.24) is 24.8 Å². The van der Waals surface area contributed by atoms with E-state index in [1.807, 2.05) is 5.48 Å². The van der Waals surface area contributed by atoms with Crippen LogP contribution in [0.2, 0.25) is 0 Å². The van der Waals surface area contributed by atoms with Crippen LogP contribution in [0.1, 0.15) is 26.0 Å². The van der Waals surface area contributed by atoms with Gasteiger partial charge in [0.25, 0.3) is 10.2 Å². The monoisotopic (exact) mass is 535 g/mol. The first-order valence-corrected chi connectivity index (χ1v) is 11.8. The van der Waals surface area contributed by atoms with E-state index in [2.05, 4.69) is 41.3 Å². The number of nitrogens with one attached hydrogen (secondary N) is 3. The maximum absolute atomic E-state index is 13.4. The number of amidine groups is 1. The number of halogens is 2. The molecule has 1 aliphatic heterocycles. The molecule has 32 heavy (non-hydrogen) atoms. The Labute approximate surface area is 192 Å². The van der Waals surface area contributed by atoms with Crippen LogP contribution >= 0.6 is 15.9 Å². The summed E-state index contributed by atoms with van der Waals surface area (Å²) in [5.41, 5.74) is 0.826. The van der Waals surface area contributed by atoms with Gasteiger partial charge in [0.05, 0.1) is 15.8 Å². The van der Waals surface area contributed by atoms with Gasteiger partial charge in [0.15, 0.2) is 11.5 Å². The van der Waals surface area contributed by atoms with Crippen LogP contribution in [0.4, 0.5) is 15.9 Å². The van der Waals surface area contributed by atoms with Crippen LogP contribution < -0.4 is 15.5 Å². The van der Waals surface area contributed by atoms with Crippen molar-refractivity contribution in [3.8, 4) is 0 Å². The van der Waals surface area contributed by atoms with Gasteiger partial charge in [-0.1, -0.05) is 0 Å². The highest BCUT2D eigenvalue weighted by molar-refractivity contribution is 9.10. The van der Waals surface area contributed by atoms with E-state index in [4.69, 9.17) is 4.63 Å². The summed E-state index contributed by atoms with van der Waals surface area (Å²) < 4.78 is 46.6. The van der Waals surface area contributed by atoms with Crippen LogP contribution in [0.25, 0.3) is 0 Å². The third kappa shape index (κ3) is 5.79. The van der Waals surface area contributed by atoms with Gasteiger partial charge in [-0.15, -0.1) is 0 Å². The summed E-state index contributed by atoms with van der Waals surface area (Å²) in [6.07, 6.45) is 0.197. The number of hydrogen-bond acceptors (Lipinski definition) is 9. The SMILES string of the molecule is CC(C)NS(=O)(=O)N1CC[C@](O)(CNc2nonc2C(=Nc2ccc(F)c(Br)c2)NO)C1. The number of nitrogens with zero attached hydrogens (tertiary/aromatic N) is 4. The van der Waals surface area contributed by atoms with E-state index in [1.165, 1.54) is 22.5 Å². The zero-order chi connectivity index (χ0) is 23.5. The minimum absolute atomic E-state index is 0.000460. The summed E-state index contributed by atoms with van der Waals surface area (Å²) in [4.78, 5) is 4.15. The number of benzene rings is 1. The van der Waals surface area contributed by atoms with Crippen molar-refractivity contribution < 1.29 is 27.8 Å². The molecule has 0 amide bonds. The lowest BCUT2D eigenvalue weighted by atomic mass is 10.0. The van der Waals surface area contributed by atoms with Gasteiger partial charge in [0.2, 0.25) is 5.82 Å². The number of anilines is 1. The van der Waals surface area contributed by atoms with Gasteiger partial charge < -0.3 is 10.4 Å². The Bertz CT molecular complexity index is 1100. The topological polar surface area (TPSA) is 165 Å². The first-order chi connectivity index (χ1) is 15.0. The highest BCUT2D eigenvalue weighted by atomic mass is 79.9. The number of aliphatic hydroxyl groups is 1. The Morgan fingerprint density at radius 1 is 1.44 bits per heavy atom. The molecule has 1 saturated heterocycles. The molecule has 0 saturated carbocycles. The van der Waals surface area contributed by atoms with E-state index in [0.717, 1.165) is 0 Å². The largest absolute Gasteiger partial charge is 0.387 e. The average Bonchev–Trinajstić information content (AvgIpc) is 3.34. The summed E-state index contributed by atoms with van der Waals surface area (Å²) in [6.45, 7) is 3.38. The second-order valence-electron chi connectivity index (χ2n) is 7.57. The molecule has 0 spiro atoms. The van der Waals surface area contributed by atoms with Gasteiger partial charge in [-0.05, 0) is 64.7 Å². The second kappa shape index (κ2) is 9.76. The van der Waals surface area contributed by atoms with E-state index >= 15 is 0 Å². The zero-order valence-corrected chi connectivity index (χ0v) is 19.6. The number of hydroxylamine groups is 1. The summed E-state index contributed by atoms with van der Waals surface area (Å²) in [5, 5.41) is 30.6. The van der Waals surface area contributed by atoms with Gasteiger partial charge >= 0.3 is 0 Å². The Morgan fingerprint density at radius 2 is 2.19 bits per heavy atom. The molecule has 1 atom stereocenters. The summed E-state index contributed by atoms with van der Waals surface area (Å²) in [5.74, 6) is -0.560. The predicted octanol–water partition coefficient (Wildman–Crippen LogP) is 1.12. The molecule has 1 aliphatic rings. The normalized spacial score (nSPS) is 20.2. The molecule has 1 aromatic heterocycles. The van der Waals surface area contributed by atoms with Crippen LogP contribution in [0, 0.1) is 5.82 Å². The van der Waals surface area contributed by atoms with Crippen molar-refractivity contribution in [1.29, 1.82) is 0 Å². The van der Waals surface area contributed by atoms with E-state index < -0.39 is 21.6 Å². The quantitative estimate of drug-likeness (QED) is 0.189. The number of aromatic nitrogens is 2. The molecular formula is C17H23BrFN7O5S. The van der Waals surface area contributed by atoms with Crippen LogP contribution in [0.5, 0.6) is 0 Å². The maximum Gasteiger partial charge on any atom is 0.279 e. The van der Waals surface area contributed by atoms with Gasteiger partial charge in [-0.2, -0.15) is 17.4 Å². The smallest absolute Gasteiger partial charge is 0.279 e. The van der Waals surface area contributed by atoms with Crippen LogP contribution in [-0.4, -0.2) is 70.5 Å². The van der Waals surface area contributed by atoms with E-state index in [0.29, 0.717) is 5.69 Å². The fourth-order valence-corrected chi connectivity index (χ4v) is 4.92. The minimum Gasteiger partial charge on any atom is -0.387 e. The molecule has 0 aliphatic carbocycles. The number of rotatable bonds is 8. The third-order valence-electron chi connectivity index (χ3n) is 4.57. The first-order valence-electron chi connectivity index (χ1n) is 9.53. The molecule has 3 rings (SSSR count). The van der Waals surface area contributed by atoms with E-state index in [9.17, 15) is 23.1 Å². The predicted molar refractivity (Wildman–Crippen MR) is 116 cm³/mol. The van der Waals surface area contributed by atoms with Crippen LogP contribution in [0.15, 0.2) is 32.3 Å². The Morgan fingerprint density at radius 3 is 2.84 bits per heavy atom. The first kappa shape index (κ1) is 24.5. The standard InChI is InChI=1S/C17H23BrFN7O5S/c1-10(2)25-32(29,30)26-6-5-17(27,9-26)8-20-15-14(23-31-24-15)16(22-28)21-11-3-4-13(19)12(18)7-11/h3-4,7,10,25,27-28H,5-6,8-9H2,1-2H3,(H,20,24)(H,21,22)/t17-/m0/s1. The van der Waals surface area contributed by atoms with Crippen molar-refractivity contribution >= 4 is 43.5 Å². The molecule has 1 fully saturated rings. The van der Waals surface area contributed by atoms with Crippen LogP contribution in [0.3, 0.4) is 0 Å². The van der Waals surface area contributed by atoms with Gasteiger partial charge in [0, 0.05) is 25.7 Å². The maximum atomic E-state index is 13.4. The minimum atomic E-state index is -3.71. The summed E-state index contributed by atoms with van der Waals surface area (Å²) in [7, 11) is -3.71. The fourth-order valence-electron chi connectivity index (χ4n) is 3.06. The fraction of sp³-hybridized carbons (Fsp3) is 0.471. The van der Waals surface area contributed by atoms with E-state index in [-0.39, 0.29) is 53.9 Å². The summed E-state index contributed by atoms with van der Waals surface area (Å²) >= 11 is 3.06. The third-order valence-corrected chi connectivity index (χ3v) is 6.94. The highest BCUT2D eigenvalue weighted by Crippen LogP contribution is 2.26. The van der Waals surface area contributed by atoms with Gasteiger partial charge in [-0.3, -0.25) is 10.7 Å². The Hall–Kier alpha value is -2.17. The average molecular weight is 536 g/mol. The van der Waals surface area contributed by atoms with E-state index in [1.54, 1.807) is 13.8 Å². The lowest BCUT2D eigenvalue weighted by Gasteiger charge is -2.24. The molecule has 2 heterocycles. The zero-order valence-electron chi connectivity index (χ0n) is 17.2. The molecular weight excluding hydrogens is 513 g/mol. The molecule has 12 nitrogen and oxygen atoms in total. The summed E-state index contributed by atoms with van der Waals surface area (Å²) in [6, 6.07) is 3.71. The Kier molecular flexibility index (Phi) is 7.46. The molecule has 0 unspecified atom stereocenters. The van der Waals surface area contributed by atoms with Gasteiger partial charge in [0.1, 0.15) is 5.82 Å². The lowest BCUT2D eigenvalue weighted by Crippen LogP contribution is -2.46. The highest BCUT2D eigenvalue weighted by Gasteiger charge is 2.41. The lowest BCUT2D eigenvalue weighted by molar-refractivity contribution is 0.0693. The Balaban J connectivity index is 1.72. The molecule has 5 N–H and O–H groups in total. The molecule has 15 heteroatoms. The molecule has 0 bridgehead atoms. The molecule has 1 aromatic carbocycles. The van der Waals surface area contributed by atoms with Crippen molar-refractivity contribution in [2.24, 2.45) is 4.99 Å². The number of β-amino-alcohol motifs (C(OH)–C–C–N with tert-alkyl or cyclic N) is 1. The van der Waals surface area contributed by atoms with Crippen molar-refractivity contribution in [2.45, 2.75) is 31.9 Å². The van der Waals surface area contributed by atoms with Crippen molar-refractivity contribution in [2.75, 3.05) is 25.0 Å². The van der Waals surface area contributed by atoms with Gasteiger partial charge in [-0.25, -0.2) is 14.0 Å². The molecule has 176 valence electrons. The van der Waals surface area contributed by atoms with Crippen LogP contribution in [-0.2, 0) is 10.2 Å². The number of hydrogen-bond donors (Lipinski definition) is 5. The number of aliphatic imine (C=N–C) groups is 1.